The minimum Gasteiger partial charge on any atom is -0.380 e. The molecule has 1 heterocycles. The fourth-order valence-electron chi connectivity index (χ4n) is 2.13. The van der Waals surface area contributed by atoms with Crippen molar-refractivity contribution in [3.8, 4) is 0 Å². The predicted molar refractivity (Wildman–Crippen MR) is 93.7 cm³/mol. The summed E-state index contributed by atoms with van der Waals surface area (Å²) in [5.41, 5.74) is 0. The van der Waals surface area contributed by atoms with Crippen LogP contribution in [0.15, 0.2) is 47.9 Å². The molecule has 5 heteroatoms. The van der Waals surface area contributed by atoms with Crippen LogP contribution in [0.25, 0.3) is 0 Å². The molecule has 1 aromatic heterocycles. The fourth-order valence-corrected chi connectivity index (χ4v) is 3.34. The molecular weight excluding hydrogens is 316 g/mol. The Hall–Kier alpha value is -0.970. The zero-order valence-electron chi connectivity index (χ0n) is 13.0. The average Bonchev–Trinajstić information content (AvgIpc) is 3.02. The van der Waals surface area contributed by atoms with Gasteiger partial charge in [0, 0.05) is 35.5 Å². The Morgan fingerprint density at radius 1 is 1.27 bits per heavy atom. The summed E-state index contributed by atoms with van der Waals surface area (Å²) in [6.45, 7) is 4.68. The van der Waals surface area contributed by atoms with Gasteiger partial charge in [-0.3, -0.25) is 0 Å². The van der Waals surface area contributed by atoms with Gasteiger partial charge in [-0.05, 0) is 30.7 Å². The van der Waals surface area contributed by atoms with Gasteiger partial charge in [0.2, 0.25) is 0 Å². The summed E-state index contributed by atoms with van der Waals surface area (Å²) in [4.78, 5) is 5.32. The van der Waals surface area contributed by atoms with E-state index in [1.54, 1.807) is 0 Å². The number of unbranched alkanes of at least 4 members (excludes halogenated alkanes) is 2. The fraction of sp³-hybridized carbons (Fsp3) is 0.471. The highest BCUT2D eigenvalue weighted by atomic mass is 35.5. The van der Waals surface area contributed by atoms with Crippen LogP contribution in [-0.2, 0) is 11.3 Å². The maximum absolute atomic E-state index is 5.95. The van der Waals surface area contributed by atoms with E-state index in [9.17, 15) is 0 Å². The quantitative estimate of drug-likeness (QED) is 0.455. The number of imidazole rings is 1. The number of benzene rings is 1. The molecule has 0 N–H and O–H groups in total. The molecule has 1 aromatic carbocycles. The third-order valence-corrected chi connectivity index (χ3v) is 4.70. The molecule has 3 nitrogen and oxygen atoms in total. The van der Waals surface area contributed by atoms with E-state index in [0.29, 0.717) is 5.25 Å². The van der Waals surface area contributed by atoms with Crippen molar-refractivity contribution in [2.45, 2.75) is 42.9 Å². The molecule has 0 aliphatic rings. The third kappa shape index (κ3) is 6.42. The van der Waals surface area contributed by atoms with Crippen molar-refractivity contribution in [2.24, 2.45) is 0 Å². The van der Waals surface area contributed by atoms with E-state index in [0.717, 1.165) is 31.2 Å². The van der Waals surface area contributed by atoms with Crippen LogP contribution in [0, 0.1) is 0 Å². The molecular formula is C17H23ClN2OS. The van der Waals surface area contributed by atoms with Gasteiger partial charge in [0.25, 0.3) is 0 Å². The van der Waals surface area contributed by atoms with Crippen LogP contribution in [0.1, 0.15) is 26.2 Å². The highest BCUT2D eigenvalue weighted by molar-refractivity contribution is 8.00. The maximum Gasteiger partial charge on any atom is 0.0946 e. The predicted octanol–water partition coefficient (Wildman–Crippen LogP) is 4.90. The Bertz CT molecular complexity index is 516. The first-order chi connectivity index (χ1) is 10.8. The number of thioether (sulfide) groups is 1. The van der Waals surface area contributed by atoms with Gasteiger partial charge in [-0.15, -0.1) is 11.8 Å². The molecule has 0 spiro atoms. The molecule has 0 radical (unpaired) electrons. The maximum atomic E-state index is 5.95. The second-order valence-electron chi connectivity index (χ2n) is 5.24. The number of hydrogen-bond donors (Lipinski definition) is 0. The Morgan fingerprint density at radius 2 is 2.09 bits per heavy atom. The van der Waals surface area contributed by atoms with E-state index in [2.05, 4.69) is 28.6 Å². The summed E-state index contributed by atoms with van der Waals surface area (Å²) >= 11 is 7.78. The van der Waals surface area contributed by atoms with Gasteiger partial charge in [0.05, 0.1) is 18.2 Å². The Balaban J connectivity index is 1.87. The van der Waals surface area contributed by atoms with E-state index in [-0.39, 0.29) is 0 Å². The summed E-state index contributed by atoms with van der Waals surface area (Å²) in [6, 6.07) is 7.98. The molecule has 0 aliphatic carbocycles. The number of rotatable bonds is 10. The third-order valence-electron chi connectivity index (χ3n) is 3.29. The van der Waals surface area contributed by atoms with Gasteiger partial charge in [0.1, 0.15) is 0 Å². The molecule has 2 rings (SSSR count). The minimum atomic E-state index is 0.358. The van der Waals surface area contributed by atoms with Gasteiger partial charge >= 0.3 is 0 Å². The molecule has 2 aromatic rings. The van der Waals surface area contributed by atoms with E-state index >= 15 is 0 Å². The molecule has 22 heavy (non-hydrogen) atoms. The number of ether oxygens (including phenoxy) is 1. The monoisotopic (exact) mass is 338 g/mol. The highest BCUT2D eigenvalue weighted by Gasteiger charge is 2.12. The van der Waals surface area contributed by atoms with Crippen molar-refractivity contribution in [1.82, 2.24) is 9.55 Å². The zero-order chi connectivity index (χ0) is 15.6. The van der Waals surface area contributed by atoms with Crippen molar-refractivity contribution in [3.05, 3.63) is 48.0 Å². The van der Waals surface area contributed by atoms with Crippen molar-refractivity contribution >= 4 is 23.4 Å². The number of hydrogen-bond acceptors (Lipinski definition) is 3. The second-order valence-corrected chi connectivity index (χ2v) is 7.05. The lowest BCUT2D eigenvalue weighted by Gasteiger charge is -2.17. The van der Waals surface area contributed by atoms with Gasteiger partial charge in [-0.1, -0.05) is 31.4 Å². The first-order valence-electron chi connectivity index (χ1n) is 7.73. The lowest BCUT2D eigenvalue weighted by molar-refractivity contribution is 0.128. The van der Waals surface area contributed by atoms with Crippen molar-refractivity contribution in [3.63, 3.8) is 0 Å². The van der Waals surface area contributed by atoms with E-state index in [1.807, 2.05) is 42.6 Å². The number of halogens is 1. The SMILES string of the molecule is CCCCCOCC(Cn1ccnc1)Sc1ccc(Cl)cc1. The molecule has 120 valence electrons. The normalized spacial score (nSPS) is 12.5. The van der Waals surface area contributed by atoms with Crippen LogP contribution >= 0.6 is 23.4 Å². The van der Waals surface area contributed by atoms with Crippen LogP contribution < -0.4 is 0 Å². The van der Waals surface area contributed by atoms with Gasteiger partial charge in [-0.25, -0.2) is 4.98 Å². The molecule has 0 saturated carbocycles. The molecule has 0 bridgehead atoms. The van der Waals surface area contributed by atoms with Crippen molar-refractivity contribution in [2.75, 3.05) is 13.2 Å². The summed E-state index contributed by atoms with van der Waals surface area (Å²) in [7, 11) is 0. The topological polar surface area (TPSA) is 27.1 Å². The number of aromatic nitrogens is 2. The zero-order valence-corrected chi connectivity index (χ0v) is 14.5. The Morgan fingerprint density at radius 3 is 2.77 bits per heavy atom. The highest BCUT2D eigenvalue weighted by Crippen LogP contribution is 2.26. The summed E-state index contributed by atoms with van der Waals surface area (Å²) in [5, 5.41) is 1.13. The Labute approximate surface area is 142 Å². The van der Waals surface area contributed by atoms with Crippen molar-refractivity contribution in [1.29, 1.82) is 0 Å². The van der Waals surface area contributed by atoms with Gasteiger partial charge in [0.15, 0.2) is 0 Å². The largest absolute Gasteiger partial charge is 0.380 e. The van der Waals surface area contributed by atoms with Crippen LogP contribution in [0.4, 0.5) is 0 Å². The van der Waals surface area contributed by atoms with Crippen LogP contribution in [0.3, 0.4) is 0 Å². The average molecular weight is 339 g/mol. The second kappa shape index (κ2) is 9.93. The van der Waals surface area contributed by atoms with Gasteiger partial charge < -0.3 is 9.30 Å². The number of nitrogens with zero attached hydrogens (tertiary/aromatic N) is 2. The van der Waals surface area contributed by atoms with E-state index < -0.39 is 0 Å². The summed E-state index contributed by atoms with van der Waals surface area (Å²) in [6.07, 6.45) is 9.25. The Kier molecular flexibility index (Phi) is 7.85. The molecule has 0 fully saturated rings. The molecule has 0 saturated heterocycles. The van der Waals surface area contributed by atoms with Crippen molar-refractivity contribution < 1.29 is 4.74 Å². The van der Waals surface area contributed by atoms with Crippen LogP contribution in [-0.4, -0.2) is 28.0 Å². The summed E-state index contributed by atoms with van der Waals surface area (Å²) in [5.74, 6) is 0. The standard InChI is InChI=1S/C17H23ClN2OS/c1-2-3-4-11-21-13-17(12-20-10-9-19-14-20)22-16-7-5-15(18)6-8-16/h5-10,14,17H,2-4,11-13H2,1H3. The van der Waals surface area contributed by atoms with Gasteiger partial charge in [-0.2, -0.15) is 0 Å². The lowest BCUT2D eigenvalue weighted by Crippen LogP contribution is -2.19. The smallest absolute Gasteiger partial charge is 0.0946 e. The molecule has 1 unspecified atom stereocenters. The minimum absolute atomic E-state index is 0.358. The first kappa shape index (κ1) is 17.4. The van der Waals surface area contributed by atoms with Crippen LogP contribution in [0.5, 0.6) is 0 Å². The summed E-state index contributed by atoms with van der Waals surface area (Å²) < 4.78 is 7.96. The molecule has 0 aliphatic heterocycles. The van der Waals surface area contributed by atoms with Crippen LogP contribution in [0.2, 0.25) is 5.02 Å². The first-order valence-corrected chi connectivity index (χ1v) is 8.99. The van der Waals surface area contributed by atoms with E-state index in [4.69, 9.17) is 16.3 Å². The molecule has 0 amide bonds. The lowest BCUT2D eigenvalue weighted by atomic mass is 10.3. The van der Waals surface area contributed by atoms with E-state index in [1.165, 1.54) is 17.7 Å². The molecule has 1 atom stereocenters.